The Labute approximate surface area is 199 Å². The standard InChI is InChI=1S/C26H33F2NO3S/c1-3-22-6-4-19-14-21(26(2,27)28)5-8-24(19)29(22)33-23-7-9-25(20(15-23)16-30)32-17-18-10-12-31-13-11-18/h5,7-9,14-15,18,22,30H,3-4,6,10-13,16-17H2,1-2H3. The number of aliphatic hydroxyl groups excluding tert-OH is 1. The van der Waals surface area contributed by atoms with Gasteiger partial charge in [-0.25, -0.2) is 8.78 Å². The van der Waals surface area contributed by atoms with Crippen molar-refractivity contribution in [2.24, 2.45) is 5.92 Å². The van der Waals surface area contributed by atoms with E-state index in [0.717, 1.165) is 74.0 Å². The first-order valence-electron chi connectivity index (χ1n) is 11.8. The lowest BCUT2D eigenvalue weighted by Crippen LogP contribution is -2.33. The first kappa shape index (κ1) is 24.3. The first-order valence-corrected chi connectivity index (χ1v) is 12.6. The molecule has 4 rings (SSSR count). The number of rotatable bonds is 8. The maximum absolute atomic E-state index is 13.9. The summed E-state index contributed by atoms with van der Waals surface area (Å²) in [5.74, 6) is -1.64. The van der Waals surface area contributed by atoms with Gasteiger partial charge in [0.05, 0.1) is 18.9 Å². The second-order valence-electron chi connectivity index (χ2n) is 9.04. The van der Waals surface area contributed by atoms with Gasteiger partial charge in [0.25, 0.3) is 5.92 Å². The molecule has 0 aliphatic carbocycles. The summed E-state index contributed by atoms with van der Waals surface area (Å²) >= 11 is 1.60. The smallest absolute Gasteiger partial charge is 0.270 e. The SMILES string of the molecule is CCC1CCc2cc(C(C)(F)F)ccc2N1Sc1ccc(OCC2CCOCC2)c(CO)c1. The normalized spacial score (nSPS) is 19.4. The number of alkyl halides is 2. The molecule has 0 saturated carbocycles. The van der Waals surface area contributed by atoms with E-state index in [-0.39, 0.29) is 12.2 Å². The maximum Gasteiger partial charge on any atom is 0.270 e. The maximum atomic E-state index is 13.9. The first-order chi connectivity index (χ1) is 15.9. The molecular formula is C26H33F2NO3S. The number of halogens is 2. The van der Waals surface area contributed by atoms with Gasteiger partial charge in [-0.15, -0.1) is 0 Å². The Kier molecular flexibility index (Phi) is 7.82. The molecule has 2 aliphatic rings. The van der Waals surface area contributed by atoms with Gasteiger partial charge in [0.2, 0.25) is 0 Å². The van der Waals surface area contributed by atoms with Gasteiger partial charge in [-0.2, -0.15) is 0 Å². The van der Waals surface area contributed by atoms with Crippen LogP contribution < -0.4 is 9.04 Å². The van der Waals surface area contributed by atoms with E-state index >= 15 is 0 Å². The van der Waals surface area contributed by atoms with Crippen molar-refractivity contribution in [2.75, 3.05) is 24.1 Å². The third-order valence-corrected chi connectivity index (χ3v) is 7.75. The van der Waals surface area contributed by atoms with E-state index < -0.39 is 5.92 Å². The molecule has 180 valence electrons. The molecule has 1 unspecified atom stereocenters. The van der Waals surface area contributed by atoms with Gasteiger partial charge in [0.15, 0.2) is 0 Å². The Morgan fingerprint density at radius 1 is 1.15 bits per heavy atom. The predicted octanol–water partition coefficient (Wildman–Crippen LogP) is 6.33. The quantitative estimate of drug-likeness (QED) is 0.450. The number of hydrogen-bond donors (Lipinski definition) is 1. The molecule has 1 saturated heterocycles. The highest BCUT2D eigenvalue weighted by Gasteiger charge is 2.30. The predicted molar refractivity (Wildman–Crippen MR) is 128 cm³/mol. The topological polar surface area (TPSA) is 41.9 Å². The lowest BCUT2D eigenvalue weighted by Gasteiger charge is -2.38. The van der Waals surface area contributed by atoms with Crippen molar-refractivity contribution in [3.8, 4) is 5.75 Å². The van der Waals surface area contributed by atoms with Crippen LogP contribution in [0, 0.1) is 5.92 Å². The number of nitrogens with zero attached hydrogens (tertiary/aromatic N) is 1. The molecule has 0 spiro atoms. The van der Waals surface area contributed by atoms with E-state index in [1.807, 2.05) is 24.3 Å². The van der Waals surface area contributed by atoms with Crippen LogP contribution in [-0.4, -0.2) is 31.0 Å². The molecule has 2 heterocycles. The minimum Gasteiger partial charge on any atom is -0.493 e. The average molecular weight is 478 g/mol. The summed E-state index contributed by atoms with van der Waals surface area (Å²) in [5.41, 5.74) is 2.79. The highest BCUT2D eigenvalue weighted by atomic mass is 32.2. The minimum absolute atomic E-state index is 0.0646. The molecule has 2 aromatic carbocycles. The van der Waals surface area contributed by atoms with Crippen molar-refractivity contribution in [2.45, 2.75) is 69.4 Å². The number of hydrogen-bond acceptors (Lipinski definition) is 5. The minimum atomic E-state index is -2.84. The van der Waals surface area contributed by atoms with E-state index in [0.29, 0.717) is 24.3 Å². The van der Waals surface area contributed by atoms with Crippen LogP contribution in [0.3, 0.4) is 0 Å². The number of benzene rings is 2. The molecule has 2 aromatic rings. The fourth-order valence-corrected chi connectivity index (χ4v) is 5.75. The highest BCUT2D eigenvalue weighted by molar-refractivity contribution is 8.00. The van der Waals surface area contributed by atoms with Crippen LogP contribution in [0.2, 0.25) is 0 Å². The van der Waals surface area contributed by atoms with Gasteiger partial charge in [-0.3, -0.25) is 0 Å². The molecule has 1 atom stereocenters. The van der Waals surface area contributed by atoms with Gasteiger partial charge >= 0.3 is 0 Å². The van der Waals surface area contributed by atoms with E-state index in [1.54, 1.807) is 18.0 Å². The van der Waals surface area contributed by atoms with Crippen molar-refractivity contribution in [3.05, 3.63) is 53.1 Å². The monoisotopic (exact) mass is 477 g/mol. The Balaban J connectivity index is 1.52. The second-order valence-corrected chi connectivity index (χ2v) is 10.1. The lowest BCUT2D eigenvalue weighted by atomic mass is 9.94. The van der Waals surface area contributed by atoms with Crippen LogP contribution in [0.5, 0.6) is 5.75 Å². The third kappa shape index (κ3) is 5.81. The summed E-state index contributed by atoms with van der Waals surface area (Å²) in [6.07, 6.45) is 4.70. The van der Waals surface area contributed by atoms with Gasteiger partial charge < -0.3 is 18.9 Å². The third-order valence-electron chi connectivity index (χ3n) is 6.60. The molecule has 0 aromatic heterocycles. The summed E-state index contributed by atoms with van der Waals surface area (Å²) in [6, 6.07) is 11.3. The Morgan fingerprint density at radius 2 is 1.94 bits per heavy atom. The van der Waals surface area contributed by atoms with Crippen LogP contribution >= 0.6 is 11.9 Å². The van der Waals surface area contributed by atoms with E-state index in [4.69, 9.17) is 9.47 Å². The molecular weight excluding hydrogens is 444 g/mol. The summed E-state index contributed by atoms with van der Waals surface area (Å²) < 4.78 is 41.4. The largest absolute Gasteiger partial charge is 0.493 e. The Morgan fingerprint density at radius 3 is 2.64 bits per heavy atom. The number of ether oxygens (including phenoxy) is 2. The van der Waals surface area contributed by atoms with Gasteiger partial charge in [0.1, 0.15) is 5.75 Å². The molecule has 33 heavy (non-hydrogen) atoms. The van der Waals surface area contributed by atoms with E-state index in [9.17, 15) is 13.9 Å². The zero-order valence-electron chi connectivity index (χ0n) is 19.4. The Hall–Kier alpha value is -1.83. The van der Waals surface area contributed by atoms with Crippen LogP contribution in [0.1, 0.15) is 56.2 Å². The summed E-state index contributed by atoms with van der Waals surface area (Å²) in [4.78, 5) is 0.994. The van der Waals surface area contributed by atoms with Crippen molar-refractivity contribution < 1.29 is 23.4 Å². The van der Waals surface area contributed by atoms with Crippen LogP contribution in [0.15, 0.2) is 41.3 Å². The fraction of sp³-hybridized carbons (Fsp3) is 0.538. The number of fused-ring (bicyclic) bond motifs is 1. The molecule has 0 bridgehead atoms. The van der Waals surface area contributed by atoms with Crippen molar-refractivity contribution in [3.63, 3.8) is 0 Å². The van der Waals surface area contributed by atoms with Crippen molar-refractivity contribution in [1.82, 2.24) is 0 Å². The molecule has 1 fully saturated rings. The zero-order valence-corrected chi connectivity index (χ0v) is 20.2. The van der Waals surface area contributed by atoms with Crippen LogP contribution in [0.25, 0.3) is 0 Å². The molecule has 0 radical (unpaired) electrons. The second kappa shape index (κ2) is 10.6. The summed E-state index contributed by atoms with van der Waals surface area (Å²) in [5, 5.41) is 9.95. The zero-order chi connectivity index (χ0) is 23.4. The van der Waals surface area contributed by atoms with E-state index in [1.165, 1.54) is 6.07 Å². The highest BCUT2D eigenvalue weighted by Crippen LogP contribution is 2.42. The number of anilines is 1. The fourth-order valence-electron chi connectivity index (χ4n) is 4.51. The number of aryl methyl sites for hydroxylation is 1. The number of aliphatic hydroxyl groups is 1. The summed E-state index contributed by atoms with van der Waals surface area (Å²) in [7, 11) is 0. The van der Waals surface area contributed by atoms with Crippen molar-refractivity contribution >= 4 is 17.6 Å². The van der Waals surface area contributed by atoms with E-state index in [2.05, 4.69) is 11.2 Å². The van der Waals surface area contributed by atoms with Gasteiger partial charge in [-0.05, 0) is 85.9 Å². The molecule has 1 N–H and O–H groups in total. The lowest BCUT2D eigenvalue weighted by molar-refractivity contribution is 0.0174. The molecule has 4 nitrogen and oxygen atoms in total. The molecule has 2 aliphatic heterocycles. The Bertz CT molecular complexity index is 944. The average Bonchev–Trinajstić information content (AvgIpc) is 2.83. The molecule has 0 amide bonds. The molecule has 7 heteroatoms. The van der Waals surface area contributed by atoms with Crippen molar-refractivity contribution in [1.29, 1.82) is 0 Å². The summed E-state index contributed by atoms with van der Waals surface area (Å²) in [6.45, 7) is 5.20. The van der Waals surface area contributed by atoms with Crippen LogP contribution in [-0.2, 0) is 23.7 Å². The van der Waals surface area contributed by atoms with Crippen LogP contribution in [0.4, 0.5) is 14.5 Å². The van der Waals surface area contributed by atoms with Gasteiger partial charge in [0, 0.05) is 42.2 Å². The van der Waals surface area contributed by atoms with Gasteiger partial charge in [-0.1, -0.05) is 13.0 Å².